The zero-order valence-corrected chi connectivity index (χ0v) is 10.7. The minimum Gasteiger partial charge on any atom is -0.398 e. The van der Waals surface area contributed by atoms with E-state index in [2.05, 4.69) is 11.9 Å². The number of anilines is 1. The predicted octanol–water partition coefficient (Wildman–Crippen LogP) is 1.95. The van der Waals surface area contributed by atoms with Gasteiger partial charge in [0.25, 0.3) is 0 Å². The molecule has 1 heterocycles. The van der Waals surface area contributed by atoms with E-state index < -0.39 is 6.10 Å². The third kappa shape index (κ3) is 2.79. The van der Waals surface area contributed by atoms with Crippen LogP contribution in [-0.2, 0) is 0 Å². The highest BCUT2D eigenvalue weighted by Crippen LogP contribution is 2.33. The van der Waals surface area contributed by atoms with Crippen molar-refractivity contribution in [3.05, 3.63) is 29.3 Å². The van der Waals surface area contributed by atoms with Gasteiger partial charge in [0.15, 0.2) is 0 Å². The summed E-state index contributed by atoms with van der Waals surface area (Å²) in [4.78, 5) is 2.31. The van der Waals surface area contributed by atoms with Crippen molar-refractivity contribution < 1.29 is 5.11 Å². The van der Waals surface area contributed by atoms with Gasteiger partial charge in [-0.1, -0.05) is 17.7 Å². The number of nitrogens with two attached hydrogens (primary N) is 1. The van der Waals surface area contributed by atoms with Crippen LogP contribution in [0, 0.1) is 12.8 Å². The maximum absolute atomic E-state index is 10.4. The molecule has 1 aliphatic heterocycles. The van der Waals surface area contributed by atoms with Gasteiger partial charge in [-0.25, -0.2) is 0 Å². The smallest absolute Gasteiger partial charge is 0.0839 e. The van der Waals surface area contributed by atoms with Gasteiger partial charge in [-0.15, -0.1) is 0 Å². The summed E-state index contributed by atoms with van der Waals surface area (Å²) in [5, 5.41) is 10.4. The van der Waals surface area contributed by atoms with Crippen molar-refractivity contribution in [2.45, 2.75) is 25.9 Å². The number of likely N-dealkylation sites (tertiary alicyclic amines) is 1. The van der Waals surface area contributed by atoms with Crippen molar-refractivity contribution in [2.75, 3.05) is 25.9 Å². The lowest BCUT2D eigenvalue weighted by molar-refractivity contribution is 0.0662. The molecule has 1 saturated heterocycles. The SMILES string of the molecule is Cc1ccc(N)c(C(O)C2CCN(C)CC2)c1. The van der Waals surface area contributed by atoms with E-state index in [4.69, 9.17) is 5.73 Å². The minimum absolute atomic E-state index is 0.343. The Balaban J connectivity index is 2.13. The van der Waals surface area contributed by atoms with Crippen LogP contribution in [0.1, 0.15) is 30.1 Å². The number of piperidine rings is 1. The molecule has 0 amide bonds. The molecule has 3 heteroatoms. The maximum atomic E-state index is 10.4. The number of aliphatic hydroxyl groups excluding tert-OH is 1. The number of aryl methyl sites for hydroxylation is 1. The summed E-state index contributed by atoms with van der Waals surface area (Å²) >= 11 is 0. The first-order valence-electron chi connectivity index (χ1n) is 6.30. The highest BCUT2D eigenvalue weighted by Gasteiger charge is 2.26. The Morgan fingerprint density at radius 2 is 2.00 bits per heavy atom. The number of aliphatic hydroxyl groups is 1. The average Bonchev–Trinajstić information content (AvgIpc) is 2.32. The van der Waals surface area contributed by atoms with Gasteiger partial charge in [-0.3, -0.25) is 0 Å². The number of benzene rings is 1. The van der Waals surface area contributed by atoms with Gasteiger partial charge < -0.3 is 15.7 Å². The molecule has 1 unspecified atom stereocenters. The molecule has 1 atom stereocenters. The summed E-state index contributed by atoms with van der Waals surface area (Å²) in [6, 6.07) is 5.89. The van der Waals surface area contributed by atoms with E-state index in [0.717, 1.165) is 37.1 Å². The van der Waals surface area contributed by atoms with Crippen molar-refractivity contribution in [1.29, 1.82) is 0 Å². The number of nitrogen functional groups attached to an aromatic ring is 1. The van der Waals surface area contributed by atoms with Crippen LogP contribution >= 0.6 is 0 Å². The fraction of sp³-hybridized carbons (Fsp3) is 0.571. The molecule has 1 fully saturated rings. The van der Waals surface area contributed by atoms with Gasteiger partial charge in [-0.2, -0.15) is 0 Å². The van der Waals surface area contributed by atoms with E-state index in [1.165, 1.54) is 0 Å². The molecular weight excluding hydrogens is 212 g/mol. The summed E-state index contributed by atoms with van der Waals surface area (Å²) in [5.41, 5.74) is 8.72. The molecule has 3 N–H and O–H groups in total. The highest BCUT2D eigenvalue weighted by molar-refractivity contribution is 5.49. The fourth-order valence-corrected chi connectivity index (χ4v) is 2.55. The van der Waals surface area contributed by atoms with E-state index in [1.54, 1.807) is 0 Å². The quantitative estimate of drug-likeness (QED) is 0.769. The van der Waals surface area contributed by atoms with Crippen LogP contribution in [0.3, 0.4) is 0 Å². The number of hydrogen-bond donors (Lipinski definition) is 2. The number of hydrogen-bond acceptors (Lipinski definition) is 3. The monoisotopic (exact) mass is 234 g/mol. The highest BCUT2D eigenvalue weighted by atomic mass is 16.3. The van der Waals surface area contributed by atoms with E-state index in [-0.39, 0.29) is 0 Å². The molecule has 2 rings (SSSR count). The van der Waals surface area contributed by atoms with E-state index in [9.17, 15) is 5.11 Å². The first-order valence-corrected chi connectivity index (χ1v) is 6.30. The summed E-state index contributed by atoms with van der Waals surface area (Å²) in [6.07, 6.45) is 1.68. The Bertz CT molecular complexity index is 384. The van der Waals surface area contributed by atoms with E-state index in [1.807, 2.05) is 25.1 Å². The third-order valence-corrected chi connectivity index (χ3v) is 3.77. The van der Waals surface area contributed by atoms with Crippen molar-refractivity contribution in [3.8, 4) is 0 Å². The Labute approximate surface area is 103 Å². The second kappa shape index (κ2) is 5.07. The molecule has 0 radical (unpaired) electrons. The third-order valence-electron chi connectivity index (χ3n) is 3.77. The van der Waals surface area contributed by atoms with Crippen LogP contribution < -0.4 is 5.73 Å². The summed E-state index contributed by atoms with van der Waals surface area (Å²) in [6.45, 7) is 4.16. The van der Waals surface area contributed by atoms with Crippen LogP contribution in [0.25, 0.3) is 0 Å². The van der Waals surface area contributed by atoms with Crippen molar-refractivity contribution in [3.63, 3.8) is 0 Å². The van der Waals surface area contributed by atoms with Crippen LogP contribution in [0.15, 0.2) is 18.2 Å². The second-order valence-electron chi connectivity index (χ2n) is 5.22. The average molecular weight is 234 g/mol. The number of nitrogens with zero attached hydrogens (tertiary/aromatic N) is 1. The molecule has 3 nitrogen and oxygen atoms in total. The lowest BCUT2D eigenvalue weighted by Gasteiger charge is -2.32. The van der Waals surface area contributed by atoms with Crippen molar-refractivity contribution >= 4 is 5.69 Å². The Hall–Kier alpha value is -1.06. The zero-order valence-electron chi connectivity index (χ0n) is 10.7. The zero-order chi connectivity index (χ0) is 12.4. The normalized spacial score (nSPS) is 20.4. The molecule has 1 aromatic carbocycles. The van der Waals surface area contributed by atoms with Gasteiger partial charge in [0, 0.05) is 11.3 Å². The molecule has 1 aliphatic rings. The largest absolute Gasteiger partial charge is 0.398 e. The standard InChI is InChI=1S/C14H22N2O/c1-10-3-4-13(15)12(9-10)14(17)11-5-7-16(2)8-6-11/h3-4,9,11,14,17H,5-8,15H2,1-2H3. The minimum atomic E-state index is -0.413. The maximum Gasteiger partial charge on any atom is 0.0839 e. The molecule has 94 valence electrons. The molecule has 17 heavy (non-hydrogen) atoms. The summed E-state index contributed by atoms with van der Waals surface area (Å²) < 4.78 is 0. The van der Waals surface area contributed by atoms with E-state index in [0.29, 0.717) is 11.6 Å². The van der Waals surface area contributed by atoms with Crippen molar-refractivity contribution in [2.24, 2.45) is 5.92 Å². The number of rotatable bonds is 2. The molecule has 0 saturated carbocycles. The van der Waals surface area contributed by atoms with Gasteiger partial charge in [0.1, 0.15) is 0 Å². The summed E-state index contributed by atoms with van der Waals surface area (Å²) in [7, 11) is 2.13. The fourth-order valence-electron chi connectivity index (χ4n) is 2.55. The van der Waals surface area contributed by atoms with Crippen LogP contribution in [0.5, 0.6) is 0 Å². The predicted molar refractivity (Wildman–Crippen MR) is 70.8 cm³/mol. The molecular formula is C14H22N2O. The molecule has 0 aliphatic carbocycles. The van der Waals surface area contributed by atoms with Gasteiger partial charge in [0.2, 0.25) is 0 Å². The lowest BCUT2D eigenvalue weighted by atomic mass is 9.86. The van der Waals surface area contributed by atoms with Gasteiger partial charge in [0.05, 0.1) is 6.10 Å². The first kappa shape index (κ1) is 12.4. The van der Waals surface area contributed by atoms with Crippen molar-refractivity contribution in [1.82, 2.24) is 4.90 Å². The van der Waals surface area contributed by atoms with E-state index >= 15 is 0 Å². The second-order valence-corrected chi connectivity index (χ2v) is 5.22. The molecule has 0 aromatic heterocycles. The van der Waals surface area contributed by atoms with Crippen LogP contribution in [0.2, 0.25) is 0 Å². The summed E-state index contributed by atoms with van der Waals surface area (Å²) in [5.74, 6) is 0.343. The molecule has 0 bridgehead atoms. The van der Waals surface area contributed by atoms with Gasteiger partial charge in [-0.05, 0) is 51.9 Å². The Morgan fingerprint density at radius 1 is 1.35 bits per heavy atom. The molecule has 0 spiro atoms. The molecule has 1 aromatic rings. The van der Waals surface area contributed by atoms with Crippen LogP contribution in [-0.4, -0.2) is 30.1 Å². The lowest BCUT2D eigenvalue weighted by Crippen LogP contribution is -2.32. The Kier molecular flexibility index (Phi) is 3.69. The van der Waals surface area contributed by atoms with Crippen LogP contribution in [0.4, 0.5) is 5.69 Å². The van der Waals surface area contributed by atoms with Gasteiger partial charge >= 0.3 is 0 Å². The Morgan fingerprint density at radius 3 is 2.65 bits per heavy atom. The first-order chi connectivity index (χ1) is 8.08. The topological polar surface area (TPSA) is 49.5 Å².